The monoisotopic (exact) mass is 341 g/mol. The van der Waals surface area contributed by atoms with Gasteiger partial charge < -0.3 is 5.32 Å². The molecule has 1 atom stereocenters. The second kappa shape index (κ2) is 5.44. The Balaban J connectivity index is 1.91. The largest absolute Gasteiger partial charge is 0.328 e. The van der Waals surface area contributed by atoms with Gasteiger partial charge in [-0.25, -0.2) is 4.68 Å². The molecule has 1 N–H and O–H groups in total. The highest BCUT2D eigenvalue weighted by atomic mass is 32.2. The maximum absolute atomic E-state index is 12.9. The molecule has 0 radical (unpaired) electrons. The van der Waals surface area contributed by atoms with E-state index in [-0.39, 0.29) is 17.2 Å². The van der Waals surface area contributed by atoms with Crippen molar-refractivity contribution in [1.82, 2.24) is 19.7 Å². The zero-order chi connectivity index (χ0) is 16.9. The highest BCUT2D eigenvalue weighted by Gasteiger charge is 2.41. The summed E-state index contributed by atoms with van der Waals surface area (Å²) in [5.74, 6) is 0.868. The third-order valence-electron chi connectivity index (χ3n) is 4.50. The normalized spacial score (nSPS) is 22.0. The summed E-state index contributed by atoms with van der Waals surface area (Å²) in [6.45, 7) is 4.25. The molecule has 2 aromatic heterocycles. The lowest BCUT2D eigenvalue weighted by atomic mass is 9.73. The fourth-order valence-corrected chi connectivity index (χ4v) is 3.87. The van der Waals surface area contributed by atoms with E-state index >= 15 is 0 Å². The minimum atomic E-state index is -0.262. The van der Waals surface area contributed by atoms with E-state index < -0.39 is 0 Å². The number of nitrogens with zero attached hydrogens (tertiary/aromatic N) is 4. The Bertz CT molecular complexity index is 840. The number of carbonyl (C=O) groups is 1. The first-order valence-electron chi connectivity index (χ1n) is 7.92. The first kappa shape index (κ1) is 15.4. The highest BCUT2D eigenvalue weighted by molar-refractivity contribution is 7.98. The second-order valence-electron chi connectivity index (χ2n) is 7.01. The van der Waals surface area contributed by atoms with Gasteiger partial charge in [0.05, 0.1) is 0 Å². The van der Waals surface area contributed by atoms with Crippen molar-refractivity contribution in [3.8, 4) is 0 Å². The predicted octanol–water partition coefficient (Wildman–Crippen LogP) is 3.05. The fraction of sp³-hybridized carbons (Fsp3) is 0.412. The van der Waals surface area contributed by atoms with Gasteiger partial charge >= 0.3 is 0 Å². The highest BCUT2D eigenvalue weighted by Crippen LogP contribution is 2.45. The topological polar surface area (TPSA) is 72.7 Å². The van der Waals surface area contributed by atoms with Gasteiger partial charge in [-0.1, -0.05) is 31.7 Å². The number of nitrogens with one attached hydrogen (secondary N) is 1. The summed E-state index contributed by atoms with van der Waals surface area (Å²) >= 11 is 1.49. The number of anilines is 1. The van der Waals surface area contributed by atoms with Crippen molar-refractivity contribution < 1.29 is 4.79 Å². The molecule has 7 heteroatoms. The summed E-state index contributed by atoms with van der Waals surface area (Å²) in [6, 6.07) is 3.62. The average Bonchev–Trinajstić information content (AvgIpc) is 2.95. The van der Waals surface area contributed by atoms with Crippen LogP contribution in [-0.4, -0.2) is 31.8 Å². The molecular formula is C17H19N5OS. The van der Waals surface area contributed by atoms with E-state index in [4.69, 9.17) is 0 Å². The molecule has 4 rings (SSSR count). The van der Waals surface area contributed by atoms with Gasteiger partial charge in [0.2, 0.25) is 11.1 Å². The van der Waals surface area contributed by atoms with E-state index in [1.165, 1.54) is 11.8 Å². The molecule has 2 aromatic rings. The quantitative estimate of drug-likeness (QED) is 0.847. The molecule has 0 saturated carbocycles. The molecule has 1 unspecified atom stereocenters. The molecule has 0 fully saturated rings. The number of carbonyl (C=O) groups excluding carboxylic acids is 1. The molecule has 6 nitrogen and oxygen atoms in total. The van der Waals surface area contributed by atoms with Gasteiger partial charge in [-0.2, -0.15) is 4.98 Å². The van der Waals surface area contributed by atoms with Gasteiger partial charge in [-0.05, 0) is 29.7 Å². The summed E-state index contributed by atoms with van der Waals surface area (Å²) < 4.78 is 1.82. The van der Waals surface area contributed by atoms with Crippen molar-refractivity contribution in [3.05, 3.63) is 41.4 Å². The molecule has 0 spiro atoms. The van der Waals surface area contributed by atoms with Crippen LogP contribution in [0.15, 0.2) is 41.0 Å². The van der Waals surface area contributed by atoms with Gasteiger partial charge in [-0.15, -0.1) is 5.10 Å². The Kier molecular flexibility index (Phi) is 3.49. The molecule has 1 aliphatic heterocycles. The minimum Gasteiger partial charge on any atom is -0.328 e. The molecule has 124 valence electrons. The van der Waals surface area contributed by atoms with E-state index in [9.17, 15) is 4.79 Å². The van der Waals surface area contributed by atoms with Crippen LogP contribution in [0, 0.1) is 5.41 Å². The molecule has 0 saturated heterocycles. The second-order valence-corrected chi connectivity index (χ2v) is 7.79. The van der Waals surface area contributed by atoms with Gasteiger partial charge in [-0.3, -0.25) is 9.78 Å². The number of hydrogen-bond acceptors (Lipinski definition) is 6. The van der Waals surface area contributed by atoms with E-state index in [0.717, 1.165) is 23.3 Å². The lowest BCUT2D eigenvalue weighted by Gasteiger charge is -2.38. The number of thioether (sulfide) groups is 1. The molecule has 3 heterocycles. The smallest absolute Gasteiger partial charge is 0.227 e. The van der Waals surface area contributed by atoms with Crippen LogP contribution < -0.4 is 5.32 Å². The number of allylic oxidation sites excluding steroid dienone is 2. The van der Waals surface area contributed by atoms with Gasteiger partial charge in [0.1, 0.15) is 6.04 Å². The minimum absolute atomic E-state index is 0.0487. The molecule has 1 aliphatic carbocycles. The van der Waals surface area contributed by atoms with E-state index in [2.05, 4.69) is 34.2 Å². The lowest BCUT2D eigenvalue weighted by Crippen LogP contribution is -2.36. The summed E-state index contributed by atoms with van der Waals surface area (Å²) in [7, 11) is 0. The number of pyridine rings is 1. The number of fused-ring (bicyclic) bond motifs is 1. The molecule has 0 amide bonds. The summed E-state index contributed by atoms with van der Waals surface area (Å²) in [5, 5.41) is 8.63. The van der Waals surface area contributed by atoms with Crippen LogP contribution in [0.4, 0.5) is 5.95 Å². The Hall–Kier alpha value is -2.15. The Morgan fingerprint density at radius 2 is 2.21 bits per heavy atom. The fourth-order valence-electron chi connectivity index (χ4n) is 3.52. The number of hydrogen-bond donors (Lipinski definition) is 1. The summed E-state index contributed by atoms with van der Waals surface area (Å²) in [5.41, 5.74) is 2.68. The van der Waals surface area contributed by atoms with Crippen LogP contribution in [0.3, 0.4) is 0 Å². The van der Waals surface area contributed by atoms with E-state index in [1.807, 2.05) is 23.1 Å². The number of rotatable bonds is 2. The van der Waals surface area contributed by atoms with E-state index in [1.54, 1.807) is 12.4 Å². The molecule has 2 aliphatic rings. The number of ketones is 1. The third-order valence-corrected chi connectivity index (χ3v) is 5.03. The van der Waals surface area contributed by atoms with E-state index in [0.29, 0.717) is 17.5 Å². The van der Waals surface area contributed by atoms with Crippen molar-refractivity contribution in [3.63, 3.8) is 0 Å². The maximum atomic E-state index is 12.9. The maximum Gasteiger partial charge on any atom is 0.227 e. The summed E-state index contributed by atoms with van der Waals surface area (Å²) in [4.78, 5) is 21.7. The van der Waals surface area contributed by atoms with Crippen molar-refractivity contribution >= 4 is 23.5 Å². The van der Waals surface area contributed by atoms with Gasteiger partial charge in [0, 0.05) is 30.1 Å². The average molecular weight is 341 g/mol. The van der Waals surface area contributed by atoms with Crippen LogP contribution >= 0.6 is 11.8 Å². The molecule has 0 bridgehead atoms. The molecular weight excluding hydrogens is 322 g/mol. The van der Waals surface area contributed by atoms with Crippen molar-refractivity contribution in [2.45, 2.75) is 37.9 Å². The van der Waals surface area contributed by atoms with Gasteiger partial charge in [0.15, 0.2) is 5.78 Å². The van der Waals surface area contributed by atoms with Crippen LogP contribution in [0.1, 0.15) is 38.3 Å². The third kappa shape index (κ3) is 2.43. The predicted molar refractivity (Wildman–Crippen MR) is 92.8 cm³/mol. The first-order valence-corrected chi connectivity index (χ1v) is 9.15. The van der Waals surface area contributed by atoms with Crippen LogP contribution in [0.5, 0.6) is 0 Å². The molecule has 0 aromatic carbocycles. The zero-order valence-corrected chi connectivity index (χ0v) is 14.7. The van der Waals surface area contributed by atoms with Crippen molar-refractivity contribution in [1.29, 1.82) is 0 Å². The zero-order valence-electron chi connectivity index (χ0n) is 13.9. The summed E-state index contributed by atoms with van der Waals surface area (Å²) in [6.07, 6.45) is 6.86. The van der Waals surface area contributed by atoms with Crippen LogP contribution in [0.2, 0.25) is 0 Å². The Morgan fingerprint density at radius 1 is 1.38 bits per heavy atom. The number of Topliss-reactive ketones (excluding diaryl/α,β-unsaturated/α-hetero) is 1. The SMILES string of the molecule is CSc1nc2n(n1)C(c1cccnc1)C1=C(CC(C)(C)CC1=O)N2. The molecule has 24 heavy (non-hydrogen) atoms. The Labute approximate surface area is 144 Å². The van der Waals surface area contributed by atoms with Crippen LogP contribution in [-0.2, 0) is 4.79 Å². The van der Waals surface area contributed by atoms with Crippen LogP contribution in [0.25, 0.3) is 0 Å². The van der Waals surface area contributed by atoms with Gasteiger partial charge in [0.25, 0.3) is 0 Å². The number of aromatic nitrogens is 4. The first-order chi connectivity index (χ1) is 11.5. The Morgan fingerprint density at radius 3 is 2.92 bits per heavy atom. The lowest BCUT2D eigenvalue weighted by molar-refractivity contribution is -0.118. The van der Waals surface area contributed by atoms with Crippen molar-refractivity contribution in [2.75, 3.05) is 11.6 Å². The van der Waals surface area contributed by atoms with Crippen molar-refractivity contribution in [2.24, 2.45) is 5.41 Å². The standard InChI is InChI=1S/C17H19N5OS/c1-17(2)7-11-13(12(23)8-17)14(10-5-4-6-18-9-10)22-15(19-11)20-16(21-22)24-3/h4-6,9,14H,7-8H2,1-3H3,(H,19,20,21).